The van der Waals surface area contributed by atoms with Crippen molar-refractivity contribution in [1.82, 2.24) is 4.90 Å². The molecule has 0 radical (unpaired) electrons. The number of hydrogen-bond acceptors (Lipinski definition) is 4. The molecule has 0 unspecified atom stereocenters. The summed E-state index contributed by atoms with van der Waals surface area (Å²) in [7, 11) is 0. The van der Waals surface area contributed by atoms with Crippen LogP contribution in [0, 0.1) is 17.8 Å². The quantitative estimate of drug-likeness (QED) is 0.824. The minimum Gasteiger partial charge on any atom is -0.438 e. The highest BCUT2D eigenvalue weighted by atomic mass is 16.6. The number of rotatable bonds is 4. The minimum atomic E-state index is -1.23. The fourth-order valence-electron chi connectivity index (χ4n) is 7.31. The summed E-state index contributed by atoms with van der Waals surface area (Å²) in [4.78, 5) is 14.0. The van der Waals surface area contributed by atoms with Crippen LogP contribution in [-0.2, 0) is 9.47 Å². The van der Waals surface area contributed by atoms with Crippen molar-refractivity contribution in [2.75, 3.05) is 13.2 Å². The molecule has 1 amide bonds. The summed E-state index contributed by atoms with van der Waals surface area (Å²) < 4.78 is 12.2. The fourth-order valence-corrected chi connectivity index (χ4v) is 7.31. The average Bonchev–Trinajstić information content (AvgIpc) is 2.74. The Morgan fingerprint density at radius 1 is 1.08 bits per heavy atom. The Labute approximate surface area is 156 Å². The first-order valence-electron chi connectivity index (χ1n) is 10.8. The van der Waals surface area contributed by atoms with Gasteiger partial charge in [-0.3, -0.25) is 4.90 Å². The number of nitrogens with zero attached hydrogens (tertiary/aromatic N) is 1. The van der Waals surface area contributed by atoms with Crippen LogP contribution in [0.25, 0.3) is 0 Å². The lowest BCUT2D eigenvalue weighted by atomic mass is 9.54. The monoisotopic (exact) mass is 363 g/mol. The molecule has 1 aliphatic heterocycles. The molecule has 0 aromatic rings. The standard InChI is InChI=1S/C21H33NO4/c1-19(24)21(5-3-2-4-6-21)26-18(23)22(19)7-8-25-20-12-15-9-16(13-20)11-17(10-15)14-20/h15-17,24H,2-14H2,1H3/t15?,16?,17?,19-,20?/m0/s1. The van der Waals surface area contributed by atoms with Crippen molar-refractivity contribution in [3.8, 4) is 0 Å². The molecule has 6 aliphatic rings. The molecule has 146 valence electrons. The van der Waals surface area contributed by atoms with Gasteiger partial charge in [0.2, 0.25) is 0 Å². The number of carbonyl (C=O) groups excluding carboxylic acids is 1. The average molecular weight is 363 g/mol. The van der Waals surface area contributed by atoms with Crippen LogP contribution >= 0.6 is 0 Å². The summed E-state index contributed by atoms with van der Waals surface area (Å²) in [5.41, 5.74) is -1.90. The molecule has 6 fully saturated rings. The molecule has 1 N–H and O–H groups in total. The van der Waals surface area contributed by atoms with E-state index < -0.39 is 11.3 Å². The van der Waals surface area contributed by atoms with Crippen LogP contribution in [0.4, 0.5) is 4.79 Å². The molecule has 4 bridgehead atoms. The lowest BCUT2D eigenvalue weighted by Gasteiger charge is -2.56. The van der Waals surface area contributed by atoms with E-state index in [1.54, 1.807) is 6.92 Å². The normalized spacial score (nSPS) is 46.2. The van der Waals surface area contributed by atoms with Crippen molar-refractivity contribution in [1.29, 1.82) is 0 Å². The van der Waals surface area contributed by atoms with Gasteiger partial charge >= 0.3 is 6.09 Å². The predicted octanol–water partition coefficient (Wildman–Crippen LogP) is 3.84. The van der Waals surface area contributed by atoms with Crippen LogP contribution < -0.4 is 0 Å². The van der Waals surface area contributed by atoms with Gasteiger partial charge in [-0.25, -0.2) is 4.79 Å². The van der Waals surface area contributed by atoms with Crippen molar-refractivity contribution in [2.45, 2.75) is 94.5 Å². The maximum atomic E-state index is 12.5. The summed E-state index contributed by atoms with van der Waals surface area (Å²) >= 11 is 0. The maximum Gasteiger partial charge on any atom is 0.412 e. The minimum absolute atomic E-state index is 0.0484. The first-order valence-corrected chi connectivity index (χ1v) is 10.8. The molecule has 1 saturated heterocycles. The Morgan fingerprint density at radius 3 is 2.23 bits per heavy atom. The Bertz CT molecular complexity index is 545. The van der Waals surface area contributed by atoms with Gasteiger partial charge in [0.05, 0.1) is 18.8 Å². The number of ether oxygens (including phenoxy) is 2. The summed E-state index contributed by atoms with van der Waals surface area (Å²) in [5, 5.41) is 11.2. The highest BCUT2D eigenvalue weighted by molar-refractivity contribution is 5.72. The lowest BCUT2D eigenvalue weighted by molar-refractivity contribution is -0.180. The Hall–Kier alpha value is -0.810. The van der Waals surface area contributed by atoms with Gasteiger partial charge in [-0.1, -0.05) is 6.42 Å². The van der Waals surface area contributed by atoms with Gasteiger partial charge < -0.3 is 14.6 Å². The van der Waals surface area contributed by atoms with Gasteiger partial charge in [-0.2, -0.15) is 0 Å². The Kier molecular flexibility index (Phi) is 3.89. The van der Waals surface area contributed by atoms with Gasteiger partial charge in [0.1, 0.15) is 0 Å². The molecule has 5 saturated carbocycles. The SMILES string of the molecule is C[C@@]1(O)N(CCOC23CC4CC(CC(C4)C2)C3)C(=O)OC12CCCCC2. The zero-order valence-electron chi connectivity index (χ0n) is 16.0. The van der Waals surface area contributed by atoms with E-state index in [1.165, 1.54) is 43.4 Å². The van der Waals surface area contributed by atoms with E-state index in [1.807, 2.05) is 0 Å². The third kappa shape index (κ3) is 2.53. The van der Waals surface area contributed by atoms with Gasteiger partial charge in [0, 0.05) is 0 Å². The van der Waals surface area contributed by atoms with E-state index in [0.717, 1.165) is 49.9 Å². The van der Waals surface area contributed by atoms with Crippen molar-refractivity contribution < 1.29 is 19.4 Å². The van der Waals surface area contributed by atoms with E-state index in [4.69, 9.17) is 9.47 Å². The van der Waals surface area contributed by atoms with Crippen LogP contribution in [-0.4, -0.2) is 46.2 Å². The number of carbonyl (C=O) groups is 1. The van der Waals surface area contributed by atoms with Crippen LogP contribution in [0.3, 0.4) is 0 Å². The third-order valence-corrected chi connectivity index (χ3v) is 8.26. The van der Waals surface area contributed by atoms with Crippen molar-refractivity contribution >= 4 is 6.09 Å². The van der Waals surface area contributed by atoms with Gasteiger partial charge in [0.25, 0.3) is 0 Å². The molecule has 26 heavy (non-hydrogen) atoms. The highest BCUT2D eigenvalue weighted by Crippen LogP contribution is 2.57. The second kappa shape index (κ2) is 5.84. The molecular formula is C21H33NO4. The zero-order chi connectivity index (χ0) is 18.0. The van der Waals surface area contributed by atoms with Crippen LogP contribution in [0.15, 0.2) is 0 Å². The molecule has 1 atom stereocenters. The largest absolute Gasteiger partial charge is 0.438 e. The first kappa shape index (κ1) is 17.3. The van der Waals surface area contributed by atoms with Crippen molar-refractivity contribution in [3.63, 3.8) is 0 Å². The molecule has 0 aromatic carbocycles. The van der Waals surface area contributed by atoms with Gasteiger partial charge in [0.15, 0.2) is 11.3 Å². The van der Waals surface area contributed by atoms with E-state index in [9.17, 15) is 9.90 Å². The van der Waals surface area contributed by atoms with Gasteiger partial charge in [-0.05, 0) is 88.9 Å². The van der Waals surface area contributed by atoms with Crippen molar-refractivity contribution in [2.24, 2.45) is 17.8 Å². The molecule has 1 heterocycles. The summed E-state index contributed by atoms with van der Waals surface area (Å²) in [6.45, 7) is 2.69. The smallest absolute Gasteiger partial charge is 0.412 e. The molecule has 6 rings (SSSR count). The number of hydrogen-bond donors (Lipinski definition) is 1. The summed E-state index contributed by atoms with van der Waals surface area (Å²) in [6.07, 6.45) is 12.1. The van der Waals surface area contributed by atoms with Crippen LogP contribution in [0.1, 0.15) is 77.6 Å². The second-order valence-corrected chi connectivity index (χ2v) is 10.0. The number of amides is 1. The lowest BCUT2D eigenvalue weighted by Crippen LogP contribution is -2.58. The Morgan fingerprint density at radius 2 is 1.65 bits per heavy atom. The number of aliphatic hydroxyl groups is 1. The highest BCUT2D eigenvalue weighted by Gasteiger charge is 2.62. The first-order chi connectivity index (χ1) is 12.4. The molecule has 5 nitrogen and oxygen atoms in total. The predicted molar refractivity (Wildman–Crippen MR) is 96.5 cm³/mol. The van der Waals surface area contributed by atoms with Crippen molar-refractivity contribution in [3.05, 3.63) is 0 Å². The molecule has 5 aliphatic carbocycles. The third-order valence-electron chi connectivity index (χ3n) is 8.26. The van der Waals surface area contributed by atoms with Crippen LogP contribution in [0.2, 0.25) is 0 Å². The van der Waals surface area contributed by atoms with Crippen LogP contribution in [0.5, 0.6) is 0 Å². The van der Waals surface area contributed by atoms with E-state index in [-0.39, 0.29) is 11.7 Å². The second-order valence-electron chi connectivity index (χ2n) is 10.0. The maximum absolute atomic E-state index is 12.5. The van der Waals surface area contributed by atoms with E-state index >= 15 is 0 Å². The fraction of sp³-hybridized carbons (Fsp3) is 0.952. The topological polar surface area (TPSA) is 59.0 Å². The summed E-state index contributed by atoms with van der Waals surface area (Å²) in [6, 6.07) is 0. The van der Waals surface area contributed by atoms with E-state index in [0.29, 0.717) is 13.2 Å². The van der Waals surface area contributed by atoms with E-state index in [2.05, 4.69) is 0 Å². The summed E-state index contributed by atoms with van der Waals surface area (Å²) in [5.74, 6) is 2.56. The zero-order valence-corrected chi connectivity index (χ0v) is 16.0. The molecule has 5 heteroatoms. The molecule has 1 spiro atoms. The Balaban J connectivity index is 1.24. The molecule has 0 aromatic heterocycles. The van der Waals surface area contributed by atoms with Gasteiger partial charge in [-0.15, -0.1) is 0 Å². The molecular weight excluding hydrogens is 330 g/mol.